The summed E-state index contributed by atoms with van der Waals surface area (Å²) in [7, 11) is 0. The first-order valence-electron chi connectivity index (χ1n) is 21.8. The zero-order valence-corrected chi connectivity index (χ0v) is 27.8. The topological polar surface area (TPSA) is 44.1 Å². The summed E-state index contributed by atoms with van der Waals surface area (Å²) in [6.07, 6.45) is 5.14. The lowest BCUT2D eigenvalue weighted by atomic mass is 9.95. The van der Waals surface area contributed by atoms with Gasteiger partial charge in [0.1, 0.15) is 22.7 Å². The van der Waals surface area contributed by atoms with Crippen LogP contribution in [0, 0.1) is 6.33 Å². The van der Waals surface area contributed by atoms with Crippen molar-refractivity contribution in [3.63, 3.8) is 0 Å². The maximum Gasteiger partial charge on any atom is 0.269 e. The highest BCUT2D eigenvalue weighted by Crippen LogP contribution is 2.40. The van der Waals surface area contributed by atoms with Crippen molar-refractivity contribution < 1.29 is 27.4 Å². The fourth-order valence-corrected chi connectivity index (χ4v) is 6.77. The lowest BCUT2D eigenvalue weighted by Gasteiger charge is -2.17. The van der Waals surface area contributed by atoms with Crippen LogP contribution >= 0.6 is 0 Å². The first-order valence-corrected chi connectivity index (χ1v) is 16.8. The van der Waals surface area contributed by atoms with Crippen molar-refractivity contribution in [3.8, 4) is 56.4 Å². The van der Waals surface area contributed by atoms with Crippen LogP contribution in [0.3, 0.4) is 0 Å². The number of ether oxygens (including phenoxy) is 1. The zero-order valence-electron chi connectivity index (χ0n) is 37.8. The van der Waals surface area contributed by atoms with Gasteiger partial charge in [0, 0.05) is 22.5 Å². The molecule has 0 atom stereocenters. The van der Waals surface area contributed by atoms with Crippen LogP contribution in [-0.4, -0.2) is 9.55 Å². The van der Waals surface area contributed by atoms with Crippen molar-refractivity contribution in [1.29, 1.82) is 0 Å². The molecular formula is C48H31N3O2. The second-order valence-electron chi connectivity index (χ2n) is 12.2. The van der Waals surface area contributed by atoms with Gasteiger partial charge in [-0.1, -0.05) is 133 Å². The van der Waals surface area contributed by atoms with E-state index in [0.29, 0.717) is 39.5 Å². The Kier molecular flexibility index (Phi) is 5.29. The number of benzene rings is 7. The summed E-state index contributed by atoms with van der Waals surface area (Å²) in [4.78, 5) is 4.60. The molecule has 250 valence electrons. The number of hydrogen-bond acceptors (Lipinski definition) is 3. The maximum atomic E-state index is 8.96. The SMILES string of the molecule is [2H]c1c([2H])c([2H])c(-c2cccc(-c3c([2H])c([2H])c([2H])c([2H])c3[2H])c2-[n+]2[c-]n(-c3cccc(Oc4cc(-c5ccccn5)c5oc6ccccc6c5c4)c3)c3ccccc32)c([2H])c1[2H]. The third-order valence-electron chi connectivity index (χ3n) is 9.07. The Balaban J connectivity index is 1.18. The number of pyridine rings is 1. The molecule has 0 spiro atoms. The van der Waals surface area contributed by atoms with E-state index >= 15 is 0 Å². The highest BCUT2D eigenvalue weighted by atomic mass is 16.5. The molecule has 0 unspecified atom stereocenters. The predicted molar refractivity (Wildman–Crippen MR) is 212 cm³/mol. The van der Waals surface area contributed by atoms with Crippen LogP contribution in [0.2, 0.25) is 0 Å². The smallest absolute Gasteiger partial charge is 0.269 e. The van der Waals surface area contributed by atoms with Gasteiger partial charge in [-0.15, -0.1) is 0 Å². The molecule has 5 heteroatoms. The molecule has 5 nitrogen and oxygen atoms in total. The van der Waals surface area contributed by atoms with E-state index < -0.39 is 60.4 Å². The van der Waals surface area contributed by atoms with E-state index in [1.165, 1.54) is 0 Å². The summed E-state index contributed by atoms with van der Waals surface area (Å²) >= 11 is 0. The van der Waals surface area contributed by atoms with E-state index in [1.807, 2.05) is 103 Å². The Hall–Kier alpha value is -7.24. The average Bonchev–Trinajstić information content (AvgIpc) is 3.88. The summed E-state index contributed by atoms with van der Waals surface area (Å²) in [5.74, 6) is 1.03. The summed E-state index contributed by atoms with van der Waals surface area (Å²) in [6.45, 7) is 0. The van der Waals surface area contributed by atoms with Crippen LogP contribution in [0.5, 0.6) is 11.5 Å². The Morgan fingerprint density at radius 3 is 2.11 bits per heavy atom. The highest BCUT2D eigenvalue weighted by Gasteiger charge is 2.20. The third kappa shape index (κ3) is 5.43. The molecule has 0 saturated carbocycles. The van der Waals surface area contributed by atoms with E-state index in [0.717, 1.165) is 21.9 Å². The fraction of sp³-hybridized carbons (Fsp3) is 0. The zero-order chi connectivity index (χ0) is 43.8. The number of aromatic nitrogens is 3. The molecule has 0 N–H and O–H groups in total. The first-order chi connectivity index (χ1) is 30.4. The molecule has 10 rings (SSSR count). The molecule has 3 heterocycles. The van der Waals surface area contributed by atoms with Gasteiger partial charge < -0.3 is 9.15 Å². The summed E-state index contributed by atoms with van der Waals surface area (Å²) < 4.78 is 103. The summed E-state index contributed by atoms with van der Waals surface area (Å²) in [5.41, 5.74) is 4.92. The van der Waals surface area contributed by atoms with Gasteiger partial charge in [0.2, 0.25) is 0 Å². The number of nitrogens with zero attached hydrogens (tertiary/aromatic N) is 3. The molecular weight excluding hydrogens is 651 g/mol. The molecule has 7 aromatic carbocycles. The molecule has 3 aromatic heterocycles. The summed E-state index contributed by atoms with van der Waals surface area (Å²) in [5, 5.41) is 1.78. The van der Waals surface area contributed by atoms with E-state index in [4.69, 9.17) is 22.9 Å². The number of hydrogen-bond donors (Lipinski definition) is 0. The molecule has 0 aliphatic heterocycles. The van der Waals surface area contributed by atoms with E-state index in [2.05, 4.69) is 11.3 Å². The van der Waals surface area contributed by atoms with Crippen LogP contribution in [-0.2, 0) is 0 Å². The van der Waals surface area contributed by atoms with Crippen LogP contribution in [0.1, 0.15) is 13.7 Å². The maximum absolute atomic E-state index is 8.96. The van der Waals surface area contributed by atoms with Gasteiger partial charge in [0.05, 0.1) is 41.8 Å². The van der Waals surface area contributed by atoms with Gasteiger partial charge in [-0.05, 0) is 70.8 Å². The quantitative estimate of drug-likeness (QED) is 0.123. The Morgan fingerprint density at radius 1 is 0.623 bits per heavy atom. The lowest BCUT2D eigenvalue weighted by Crippen LogP contribution is -2.31. The van der Waals surface area contributed by atoms with Crippen LogP contribution in [0.25, 0.3) is 77.9 Å². The fourth-order valence-electron chi connectivity index (χ4n) is 6.77. The van der Waals surface area contributed by atoms with Gasteiger partial charge in [0.15, 0.2) is 0 Å². The first kappa shape index (κ1) is 21.9. The number of furan rings is 1. The molecule has 0 amide bonds. The van der Waals surface area contributed by atoms with Gasteiger partial charge in [-0.2, -0.15) is 0 Å². The minimum absolute atomic E-state index is 0.134. The predicted octanol–water partition coefficient (Wildman–Crippen LogP) is 11.8. The van der Waals surface area contributed by atoms with E-state index in [1.54, 1.807) is 33.5 Å². The van der Waals surface area contributed by atoms with Gasteiger partial charge in [-0.3, -0.25) is 14.1 Å². The molecule has 0 aliphatic rings. The van der Waals surface area contributed by atoms with Gasteiger partial charge in [0.25, 0.3) is 6.33 Å². The van der Waals surface area contributed by atoms with Crippen molar-refractivity contribution in [2.24, 2.45) is 0 Å². The van der Waals surface area contributed by atoms with E-state index in [-0.39, 0.29) is 27.9 Å². The molecule has 0 saturated heterocycles. The molecule has 10 aromatic rings. The highest BCUT2D eigenvalue weighted by molar-refractivity contribution is 6.10. The van der Waals surface area contributed by atoms with E-state index in [9.17, 15) is 0 Å². The largest absolute Gasteiger partial charge is 0.458 e. The minimum atomic E-state index is -0.569. The lowest BCUT2D eigenvalue weighted by molar-refractivity contribution is -0.571. The van der Waals surface area contributed by atoms with Crippen molar-refractivity contribution in [2.45, 2.75) is 0 Å². The second kappa shape index (κ2) is 12.8. The normalized spacial score (nSPS) is 14.0. The Labute approximate surface area is 320 Å². The molecule has 0 aliphatic carbocycles. The number of fused-ring (bicyclic) bond motifs is 4. The van der Waals surface area contributed by atoms with Gasteiger partial charge >= 0.3 is 0 Å². The number of para-hydroxylation sites is 4. The Bertz CT molecular complexity index is 3370. The minimum Gasteiger partial charge on any atom is -0.458 e. The van der Waals surface area contributed by atoms with Crippen molar-refractivity contribution in [2.75, 3.05) is 0 Å². The van der Waals surface area contributed by atoms with Crippen molar-refractivity contribution >= 4 is 33.0 Å². The van der Waals surface area contributed by atoms with Crippen LogP contribution in [0.15, 0.2) is 192 Å². The Morgan fingerprint density at radius 2 is 1.34 bits per heavy atom. The third-order valence-corrected chi connectivity index (χ3v) is 9.07. The number of rotatable bonds is 7. The monoisotopic (exact) mass is 691 g/mol. The van der Waals surface area contributed by atoms with Gasteiger partial charge in [-0.25, -0.2) is 0 Å². The van der Waals surface area contributed by atoms with Crippen LogP contribution < -0.4 is 9.30 Å². The standard InChI is InChI=1S/C48H31N3O2/c1-3-15-33(16-4-1)38-22-14-23-39(34-17-5-2-6-18-34)47(38)51-32-50(44-25-8-9-26-45(44)51)35-19-13-20-36(29-35)52-37-30-41-40-21-7-10-27-46(40)53-48(41)42(31-37)43-24-11-12-28-49-43/h1-31H/i1D,2D,3D,4D,5D,6D,15D,16D,17D,18D. The van der Waals surface area contributed by atoms with Crippen LogP contribution in [0.4, 0.5) is 0 Å². The van der Waals surface area contributed by atoms with Crippen molar-refractivity contribution in [3.05, 3.63) is 194 Å². The number of imidazole rings is 1. The molecule has 0 fully saturated rings. The summed E-state index contributed by atoms with van der Waals surface area (Å²) in [6, 6.07) is 31.5. The molecule has 53 heavy (non-hydrogen) atoms. The van der Waals surface area contributed by atoms with Crippen molar-refractivity contribution in [1.82, 2.24) is 9.55 Å². The molecule has 0 radical (unpaired) electrons. The second-order valence-corrected chi connectivity index (χ2v) is 12.2. The molecule has 0 bridgehead atoms. The average molecular weight is 692 g/mol.